The van der Waals surface area contributed by atoms with Crippen LogP contribution in [-0.2, 0) is 11.3 Å². The van der Waals surface area contributed by atoms with Gasteiger partial charge in [-0.15, -0.1) is 0 Å². The molecular formula is C16H16Cl2FNO2. The van der Waals surface area contributed by atoms with Crippen molar-refractivity contribution in [3.05, 3.63) is 63.9 Å². The second kappa shape index (κ2) is 8.61. The van der Waals surface area contributed by atoms with Crippen molar-refractivity contribution in [3.8, 4) is 5.75 Å². The Morgan fingerprint density at radius 2 is 2.14 bits per heavy atom. The highest BCUT2D eigenvalue weighted by atomic mass is 35.5. The molecule has 1 amide bonds. The van der Waals surface area contributed by atoms with Gasteiger partial charge in [-0.1, -0.05) is 41.9 Å². The number of ether oxygens (including phenoxy) is 1. The van der Waals surface area contributed by atoms with Gasteiger partial charge in [-0.05, 0) is 30.7 Å². The van der Waals surface area contributed by atoms with Crippen molar-refractivity contribution in [1.29, 1.82) is 0 Å². The fraction of sp³-hybridized carbons (Fsp3) is 0.188. The topological polar surface area (TPSA) is 38.3 Å². The summed E-state index contributed by atoms with van der Waals surface area (Å²) in [6.07, 6.45) is 2.92. The van der Waals surface area contributed by atoms with Crippen LogP contribution in [0.1, 0.15) is 12.5 Å². The lowest BCUT2D eigenvalue weighted by atomic mass is 10.1. The van der Waals surface area contributed by atoms with E-state index in [9.17, 15) is 9.18 Å². The van der Waals surface area contributed by atoms with E-state index in [0.29, 0.717) is 5.56 Å². The third-order valence-corrected chi connectivity index (χ3v) is 3.25. The van der Waals surface area contributed by atoms with Crippen LogP contribution in [0.25, 0.3) is 0 Å². The predicted molar refractivity (Wildman–Crippen MR) is 87.5 cm³/mol. The summed E-state index contributed by atoms with van der Waals surface area (Å²) in [7, 11) is 1.38. The summed E-state index contributed by atoms with van der Waals surface area (Å²) in [4.78, 5) is 12.2. The smallest absolute Gasteiger partial charge is 0.254 e. The van der Waals surface area contributed by atoms with E-state index in [4.69, 9.17) is 27.9 Å². The predicted octanol–water partition coefficient (Wildman–Crippen LogP) is 4.27. The molecule has 0 aliphatic rings. The first-order valence-electron chi connectivity index (χ1n) is 6.36. The van der Waals surface area contributed by atoms with Crippen LogP contribution in [0.5, 0.6) is 5.75 Å². The normalized spacial score (nSPS) is 12.5. The summed E-state index contributed by atoms with van der Waals surface area (Å²) in [6, 6.07) is 4.43. The second-order valence-electron chi connectivity index (χ2n) is 4.31. The lowest BCUT2D eigenvalue weighted by molar-refractivity contribution is -0.117. The fourth-order valence-electron chi connectivity index (χ4n) is 1.71. The molecule has 118 valence electrons. The Bertz CT molecular complexity index is 635. The molecule has 0 bridgehead atoms. The van der Waals surface area contributed by atoms with E-state index in [0.717, 1.165) is 0 Å². The van der Waals surface area contributed by atoms with Crippen LogP contribution in [0.15, 0.2) is 52.6 Å². The Hall–Kier alpha value is -1.78. The van der Waals surface area contributed by atoms with Gasteiger partial charge in [0.2, 0.25) is 0 Å². The molecule has 1 rings (SSSR count). The van der Waals surface area contributed by atoms with E-state index in [1.54, 1.807) is 13.0 Å². The molecule has 0 spiro atoms. The Morgan fingerprint density at radius 1 is 1.45 bits per heavy atom. The van der Waals surface area contributed by atoms with Gasteiger partial charge >= 0.3 is 0 Å². The van der Waals surface area contributed by atoms with E-state index in [2.05, 4.69) is 11.9 Å². The molecule has 0 atom stereocenters. The summed E-state index contributed by atoms with van der Waals surface area (Å²) in [6.45, 7) is 5.20. The highest BCUT2D eigenvalue weighted by Gasteiger charge is 2.15. The van der Waals surface area contributed by atoms with E-state index in [1.807, 2.05) is 0 Å². The molecular weight excluding hydrogens is 328 g/mol. The van der Waals surface area contributed by atoms with Gasteiger partial charge in [0.25, 0.3) is 5.91 Å². The zero-order chi connectivity index (χ0) is 16.7. The summed E-state index contributed by atoms with van der Waals surface area (Å²) >= 11 is 11.9. The van der Waals surface area contributed by atoms with Crippen LogP contribution in [-0.4, -0.2) is 13.0 Å². The maximum Gasteiger partial charge on any atom is 0.254 e. The second-order valence-corrected chi connectivity index (χ2v) is 5.28. The summed E-state index contributed by atoms with van der Waals surface area (Å²) in [5.41, 5.74) is 0.735. The minimum absolute atomic E-state index is 0.131. The summed E-state index contributed by atoms with van der Waals surface area (Å²) in [5, 5.41) is 3.07. The van der Waals surface area contributed by atoms with Gasteiger partial charge in [-0.25, -0.2) is 4.39 Å². The van der Waals surface area contributed by atoms with Crippen molar-refractivity contribution in [2.24, 2.45) is 0 Å². The lowest BCUT2D eigenvalue weighted by Gasteiger charge is -2.10. The van der Waals surface area contributed by atoms with E-state index >= 15 is 0 Å². The van der Waals surface area contributed by atoms with Gasteiger partial charge < -0.3 is 10.1 Å². The van der Waals surface area contributed by atoms with Crippen molar-refractivity contribution >= 4 is 29.1 Å². The number of rotatable bonds is 6. The van der Waals surface area contributed by atoms with Gasteiger partial charge in [0.05, 0.1) is 17.7 Å². The first-order valence-corrected chi connectivity index (χ1v) is 7.11. The lowest BCUT2D eigenvalue weighted by Crippen LogP contribution is -2.25. The Kier molecular flexibility index (Phi) is 7.15. The van der Waals surface area contributed by atoms with Gasteiger partial charge in [0, 0.05) is 11.6 Å². The van der Waals surface area contributed by atoms with Gasteiger partial charge in [-0.3, -0.25) is 4.79 Å². The van der Waals surface area contributed by atoms with Crippen molar-refractivity contribution in [2.45, 2.75) is 13.5 Å². The molecule has 1 N–H and O–H groups in total. The summed E-state index contributed by atoms with van der Waals surface area (Å²) < 4.78 is 18.4. The maximum atomic E-state index is 13.6. The summed E-state index contributed by atoms with van der Waals surface area (Å²) in [5.74, 6) is -0.806. The molecule has 1 aromatic rings. The number of methoxy groups -OCH3 is 1. The molecule has 1 aromatic carbocycles. The van der Waals surface area contributed by atoms with Crippen LogP contribution < -0.4 is 10.1 Å². The van der Waals surface area contributed by atoms with Crippen LogP contribution in [0.4, 0.5) is 4.39 Å². The first-order chi connectivity index (χ1) is 10.4. The molecule has 22 heavy (non-hydrogen) atoms. The van der Waals surface area contributed by atoms with Gasteiger partial charge in [0.1, 0.15) is 0 Å². The number of hydrogen-bond acceptors (Lipinski definition) is 2. The first kappa shape index (κ1) is 18.3. The quantitative estimate of drug-likeness (QED) is 0.618. The Labute approximate surface area is 139 Å². The molecule has 0 aromatic heterocycles. The molecule has 0 saturated carbocycles. The number of benzene rings is 1. The van der Waals surface area contributed by atoms with Crippen molar-refractivity contribution in [3.63, 3.8) is 0 Å². The molecule has 3 nitrogen and oxygen atoms in total. The highest BCUT2D eigenvalue weighted by Crippen LogP contribution is 2.22. The molecule has 0 fully saturated rings. The number of nitrogens with one attached hydrogen (secondary N) is 1. The van der Waals surface area contributed by atoms with Crippen LogP contribution in [0.2, 0.25) is 0 Å². The molecule has 0 unspecified atom stereocenters. The van der Waals surface area contributed by atoms with Crippen LogP contribution >= 0.6 is 23.2 Å². The Morgan fingerprint density at radius 3 is 2.64 bits per heavy atom. The fourth-order valence-corrected chi connectivity index (χ4v) is 2.26. The standard InChI is InChI=1S/C16H16Cl2FNO2/c1-4-5-12(18)15(10(2)17)16(21)20-9-11-6-7-14(22-3)13(19)8-11/h4-8H,1,9H2,2-3H3,(H,20,21)/b12-5+,15-10-. The minimum atomic E-state index is -0.497. The zero-order valence-corrected chi connectivity index (χ0v) is 13.8. The molecule has 0 heterocycles. The van der Waals surface area contributed by atoms with Gasteiger partial charge in [0.15, 0.2) is 11.6 Å². The Balaban J connectivity index is 2.84. The molecule has 0 aliphatic carbocycles. The third-order valence-electron chi connectivity index (χ3n) is 2.74. The van der Waals surface area contributed by atoms with Crippen LogP contribution in [0.3, 0.4) is 0 Å². The number of amides is 1. The monoisotopic (exact) mass is 343 g/mol. The zero-order valence-electron chi connectivity index (χ0n) is 12.3. The maximum absolute atomic E-state index is 13.6. The van der Waals surface area contributed by atoms with Gasteiger partial charge in [-0.2, -0.15) is 0 Å². The molecule has 0 aliphatic heterocycles. The van der Waals surface area contributed by atoms with E-state index in [1.165, 1.54) is 31.4 Å². The van der Waals surface area contributed by atoms with Crippen molar-refractivity contribution in [2.75, 3.05) is 7.11 Å². The SMILES string of the molecule is C=C/C=C(Cl)\C(C(=O)NCc1ccc(OC)c(F)c1)=C(/C)Cl. The van der Waals surface area contributed by atoms with E-state index < -0.39 is 11.7 Å². The average Bonchev–Trinajstić information content (AvgIpc) is 2.45. The van der Waals surface area contributed by atoms with Crippen molar-refractivity contribution < 1.29 is 13.9 Å². The number of hydrogen-bond donors (Lipinski definition) is 1. The van der Waals surface area contributed by atoms with Crippen LogP contribution in [0, 0.1) is 5.82 Å². The largest absolute Gasteiger partial charge is 0.494 e. The van der Waals surface area contributed by atoms with E-state index in [-0.39, 0.29) is 27.9 Å². The molecule has 0 radical (unpaired) electrons. The highest BCUT2D eigenvalue weighted by molar-refractivity contribution is 6.39. The van der Waals surface area contributed by atoms with Crippen molar-refractivity contribution in [1.82, 2.24) is 5.32 Å². The number of carbonyl (C=O) groups excluding carboxylic acids is 1. The number of halogens is 3. The molecule has 0 saturated heterocycles. The number of carbonyl (C=O) groups is 1. The third kappa shape index (κ3) is 4.90. The average molecular weight is 344 g/mol. The number of allylic oxidation sites excluding steroid dienone is 3. The minimum Gasteiger partial charge on any atom is -0.494 e. The molecule has 6 heteroatoms.